The Balaban J connectivity index is 3.10. The third-order valence-corrected chi connectivity index (χ3v) is 2.02. The van der Waals surface area contributed by atoms with Gasteiger partial charge in [-0.3, -0.25) is 4.79 Å². The molecule has 0 aromatic heterocycles. The minimum atomic E-state index is -3.15. The van der Waals surface area contributed by atoms with Gasteiger partial charge in [-0.15, -0.1) is 0 Å². The highest BCUT2D eigenvalue weighted by atomic mass is 19.3. The first-order valence-corrected chi connectivity index (χ1v) is 4.36. The number of carboxylic acids is 1. The maximum Gasteiger partial charge on any atom is 0.387 e. The number of ether oxygens (including phenoxy) is 1. The number of rotatable bonds is 4. The van der Waals surface area contributed by atoms with Crippen LogP contribution >= 0.6 is 0 Å². The summed E-state index contributed by atoms with van der Waals surface area (Å²) in [5, 5.41) is 8.55. The van der Waals surface area contributed by atoms with Crippen LogP contribution in [0.15, 0.2) is 12.1 Å². The van der Waals surface area contributed by atoms with Crippen molar-refractivity contribution in [2.75, 3.05) is 0 Å². The van der Waals surface area contributed by atoms with E-state index >= 15 is 0 Å². The van der Waals surface area contributed by atoms with Crippen LogP contribution in [-0.4, -0.2) is 17.7 Å². The lowest BCUT2D eigenvalue weighted by Crippen LogP contribution is -2.08. The zero-order valence-electron chi connectivity index (χ0n) is 8.34. The van der Waals surface area contributed by atoms with E-state index in [1.807, 2.05) is 0 Å². The van der Waals surface area contributed by atoms with E-state index in [4.69, 9.17) is 5.11 Å². The van der Waals surface area contributed by atoms with Gasteiger partial charge in [-0.1, -0.05) is 6.07 Å². The predicted octanol–water partition coefficient (Wildman–Crippen LogP) is 2.36. The number of hydrogen-bond acceptors (Lipinski definition) is 2. The van der Waals surface area contributed by atoms with Crippen LogP contribution in [0.3, 0.4) is 0 Å². The van der Waals surface area contributed by atoms with E-state index in [1.165, 1.54) is 13.0 Å². The van der Waals surface area contributed by atoms with E-state index in [0.717, 1.165) is 6.07 Å². The number of aliphatic carboxylic acids is 1. The summed E-state index contributed by atoms with van der Waals surface area (Å²) in [6.07, 6.45) is -0.369. The van der Waals surface area contributed by atoms with Gasteiger partial charge in [0, 0.05) is 0 Å². The first-order valence-electron chi connectivity index (χ1n) is 4.36. The van der Waals surface area contributed by atoms with Crippen molar-refractivity contribution < 1.29 is 27.8 Å². The minimum Gasteiger partial charge on any atom is -0.481 e. The van der Waals surface area contributed by atoms with Gasteiger partial charge in [-0.2, -0.15) is 8.78 Å². The molecule has 3 nitrogen and oxygen atoms in total. The Kier molecular flexibility index (Phi) is 3.76. The molecule has 0 saturated carbocycles. The van der Waals surface area contributed by atoms with Crippen LogP contribution in [0.4, 0.5) is 13.2 Å². The molecule has 16 heavy (non-hydrogen) atoms. The maximum atomic E-state index is 13.1. The summed E-state index contributed by atoms with van der Waals surface area (Å²) in [7, 11) is 0. The third-order valence-electron chi connectivity index (χ3n) is 2.02. The Bertz CT molecular complexity index is 405. The maximum absolute atomic E-state index is 13.1. The number of hydrogen-bond donors (Lipinski definition) is 1. The first-order chi connectivity index (χ1) is 7.41. The van der Waals surface area contributed by atoms with Crippen molar-refractivity contribution in [1.29, 1.82) is 0 Å². The number of alkyl halides is 2. The van der Waals surface area contributed by atoms with Crippen molar-refractivity contribution in [3.8, 4) is 5.75 Å². The van der Waals surface area contributed by atoms with Gasteiger partial charge >= 0.3 is 12.6 Å². The lowest BCUT2D eigenvalue weighted by Gasteiger charge is -2.11. The Morgan fingerprint density at radius 1 is 1.50 bits per heavy atom. The first kappa shape index (κ1) is 12.4. The molecule has 1 aromatic rings. The topological polar surface area (TPSA) is 46.5 Å². The summed E-state index contributed by atoms with van der Waals surface area (Å²) in [6, 6.07) is 2.14. The SMILES string of the molecule is Cc1c(CC(=O)O)ccc(F)c1OC(F)F. The molecule has 1 rings (SSSR count). The van der Waals surface area contributed by atoms with Crippen LogP contribution < -0.4 is 4.74 Å². The van der Waals surface area contributed by atoms with Crippen molar-refractivity contribution in [2.24, 2.45) is 0 Å². The Labute approximate surface area is 89.5 Å². The molecule has 1 aromatic carbocycles. The molecule has 1 N–H and O–H groups in total. The average Bonchev–Trinajstić information content (AvgIpc) is 2.16. The van der Waals surface area contributed by atoms with Crippen molar-refractivity contribution in [2.45, 2.75) is 20.0 Å². The summed E-state index contributed by atoms with van der Waals surface area (Å²) in [6.45, 7) is -1.81. The zero-order chi connectivity index (χ0) is 12.3. The highest BCUT2D eigenvalue weighted by Gasteiger charge is 2.16. The van der Waals surface area contributed by atoms with Crippen molar-refractivity contribution in [3.63, 3.8) is 0 Å². The van der Waals surface area contributed by atoms with E-state index in [9.17, 15) is 18.0 Å². The normalized spacial score (nSPS) is 10.6. The zero-order valence-corrected chi connectivity index (χ0v) is 8.34. The molecule has 0 unspecified atom stereocenters. The number of halogens is 3. The summed E-state index contributed by atoms with van der Waals surface area (Å²) in [4.78, 5) is 10.5. The summed E-state index contributed by atoms with van der Waals surface area (Å²) >= 11 is 0. The molecule has 0 fully saturated rings. The fraction of sp³-hybridized carbons (Fsp3) is 0.300. The number of carbonyl (C=O) groups is 1. The molecule has 0 aliphatic carbocycles. The molecule has 0 bridgehead atoms. The van der Waals surface area contributed by atoms with Gasteiger partial charge in [-0.05, 0) is 24.1 Å². The monoisotopic (exact) mass is 234 g/mol. The van der Waals surface area contributed by atoms with E-state index in [0.29, 0.717) is 0 Å². The van der Waals surface area contributed by atoms with Gasteiger partial charge in [0.1, 0.15) is 0 Å². The highest BCUT2D eigenvalue weighted by molar-refractivity contribution is 5.71. The summed E-state index contributed by atoms with van der Waals surface area (Å²) in [5.41, 5.74) is 0.312. The summed E-state index contributed by atoms with van der Waals surface area (Å²) < 4.78 is 41.1. The van der Waals surface area contributed by atoms with Crippen molar-refractivity contribution in [3.05, 3.63) is 29.1 Å². The summed E-state index contributed by atoms with van der Waals surface area (Å²) in [5.74, 6) is -2.67. The van der Waals surface area contributed by atoms with Gasteiger partial charge in [0.15, 0.2) is 11.6 Å². The smallest absolute Gasteiger partial charge is 0.387 e. The largest absolute Gasteiger partial charge is 0.481 e. The van der Waals surface area contributed by atoms with E-state index < -0.39 is 24.1 Å². The van der Waals surface area contributed by atoms with E-state index in [1.54, 1.807) is 0 Å². The van der Waals surface area contributed by atoms with Crippen molar-refractivity contribution >= 4 is 5.97 Å². The molecule has 0 spiro atoms. The van der Waals surface area contributed by atoms with E-state index in [2.05, 4.69) is 4.74 Å². The van der Waals surface area contributed by atoms with Crippen molar-refractivity contribution in [1.82, 2.24) is 0 Å². The quantitative estimate of drug-likeness (QED) is 0.869. The second-order valence-corrected chi connectivity index (χ2v) is 3.11. The molecule has 0 aliphatic rings. The second kappa shape index (κ2) is 4.87. The van der Waals surface area contributed by atoms with Gasteiger partial charge < -0.3 is 9.84 Å². The lowest BCUT2D eigenvalue weighted by molar-refractivity contribution is -0.136. The fourth-order valence-corrected chi connectivity index (χ4v) is 1.29. The van der Waals surface area contributed by atoms with Gasteiger partial charge in [-0.25, -0.2) is 4.39 Å². The van der Waals surface area contributed by atoms with Crippen LogP contribution in [0.2, 0.25) is 0 Å². The van der Waals surface area contributed by atoms with Gasteiger partial charge in [0.2, 0.25) is 0 Å². The van der Waals surface area contributed by atoms with Crippen LogP contribution in [0.25, 0.3) is 0 Å². The molecule has 0 atom stereocenters. The Hall–Kier alpha value is -1.72. The molecular weight excluding hydrogens is 225 g/mol. The van der Waals surface area contributed by atoms with Crippen LogP contribution in [-0.2, 0) is 11.2 Å². The van der Waals surface area contributed by atoms with Crippen LogP contribution in [0.5, 0.6) is 5.75 Å². The predicted molar refractivity (Wildman–Crippen MR) is 49.1 cm³/mol. The van der Waals surface area contributed by atoms with Gasteiger partial charge in [0.05, 0.1) is 6.42 Å². The Morgan fingerprint density at radius 3 is 2.62 bits per heavy atom. The minimum absolute atomic E-state index is 0.0719. The second-order valence-electron chi connectivity index (χ2n) is 3.11. The molecule has 0 amide bonds. The molecule has 6 heteroatoms. The molecule has 0 aliphatic heterocycles. The molecule has 0 radical (unpaired) electrons. The molecule has 0 saturated heterocycles. The Morgan fingerprint density at radius 2 is 2.12 bits per heavy atom. The lowest BCUT2D eigenvalue weighted by atomic mass is 10.0. The van der Waals surface area contributed by atoms with Gasteiger partial charge in [0.25, 0.3) is 0 Å². The molecule has 0 heterocycles. The standard InChI is InChI=1S/C10H9F3O3/c1-5-6(4-8(14)15)2-3-7(11)9(5)16-10(12)13/h2-3,10H,4H2,1H3,(H,14,15). The molecular formula is C10H9F3O3. The van der Waals surface area contributed by atoms with Crippen LogP contribution in [0.1, 0.15) is 11.1 Å². The molecule has 88 valence electrons. The fourth-order valence-electron chi connectivity index (χ4n) is 1.29. The number of benzene rings is 1. The average molecular weight is 234 g/mol. The van der Waals surface area contributed by atoms with Crippen LogP contribution in [0, 0.1) is 12.7 Å². The highest BCUT2D eigenvalue weighted by Crippen LogP contribution is 2.27. The third kappa shape index (κ3) is 2.88. The van der Waals surface area contributed by atoms with E-state index in [-0.39, 0.29) is 17.5 Å². The number of carboxylic acid groups (broad SMARTS) is 1.